The third-order valence-electron chi connectivity index (χ3n) is 6.85. The van der Waals surface area contributed by atoms with Crippen LogP contribution in [-0.2, 0) is 5.21 Å². The van der Waals surface area contributed by atoms with Crippen molar-refractivity contribution in [3.8, 4) is 5.75 Å². The fourth-order valence-corrected chi connectivity index (χ4v) is 5.41. The number of allylic oxidation sites excluding steroid dienone is 2. The maximum absolute atomic E-state index is 14.8. The summed E-state index contributed by atoms with van der Waals surface area (Å²) in [6, 6.07) is 5.38. The van der Waals surface area contributed by atoms with Crippen LogP contribution in [0.3, 0.4) is 0 Å². The van der Waals surface area contributed by atoms with E-state index in [-0.39, 0.29) is 11.7 Å². The lowest BCUT2D eigenvalue weighted by molar-refractivity contribution is -0.289. The number of hydrogen-bond donors (Lipinski definition) is 0. The first-order valence-corrected chi connectivity index (χ1v) is 11.1. The minimum atomic E-state index is -0.454. The number of hydroxylamine groups is 2. The van der Waals surface area contributed by atoms with Crippen LogP contribution in [0.1, 0.15) is 84.6 Å². The highest BCUT2D eigenvalue weighted by Crippen LogP contribution is 2.45. The molecule has 0 atom stereocenters. The second-order valence-electron chi connectivity index (χ2n) is 10.3. The third-order valence-corrected chi connectivity index (χ3v) is 6.85. The van der Waals surface area contributed by atoms with Crippen LogP contribution in [-0.4, -0.2) is 22.7 Å². The lowest BCUT2D eigenvalue weighted by Crippen LogP contribution is -2.57. The van der Waals surface area contributed by atoms with Gasteiger partial charge in [-0.25, -0.2) is 4.39 Å². The van der Waals surface area contributed by atoms with Crippen LogP contribution in [0.5, 0.6) is 5.75 Å². The van der Waals surface area contributed by atoms with E-state index < -0.39 is 11.1 Å². The van der Waals surface area contributed by atoms with Crippen LogP contribution in [0.4, 0.5) is 4.39 Å². The van der Waals surface area contributed by atoms with Crippen LogP contribution in [0.25, 0.3) is 0 Å². The largest absolute Gasteiger partial charge is 0.490 e. The van der Waals surface area contributed by atoms with E-state index in [1.807, 2.05) is 33.8 Å². The molecule has 0 aromatic heterocycles. The van der Waals surface area contributed by atoms with Gasteiger partial charge in [0.15, 0.2) is 11.6 Å². The van der Waals surface area contributed by atoms with Crippen molar-refractivity contribution in [3.63, 3.8) is 0 Å². The van der Waals surface area contributed by atoms with Gasteiger partial charge in [-0.15, -0.1) is 10.3 Å². The Morgan fingerprint density at radius 2 is 1.72 bits per heavy atom. The molecule has 1 aliphatic heterocycles. The molecule has 1 aromatic rings. The monoisotopic (exact) mass is 402 g/mol. The topological polar surface area (TPSA) is 32.4 Å². The molecular formula is C25H37FNO2. The van der Waals surface area contributed by atoms with Gasteiger partial charge in [0.1, 0.15) is 0 Å². The number of piperidine rings is 1. The van der Waals surface area contributed by atoms with E-state index >= 15 is 0 Å². The van der Waals surface area contributed by atoms with Crippen molar-refractivity contribution in [2.24, 2.45) is 11.8 Å². The molecule has 1 saturated heterocycles. The molecule has 3 nitrogen and oxygen atoms in total. The first-order valence-electron chi connectivity index (χ1n) is 11.1. The molecule has 0 unspecified atom stereocenters. The lowest BCUT2D eigenvalue weighted by Gasteiger charge is -2.50. The predicted octanol–water partition coefficient (Wildman–Crippen LogP) is 6.67. The molecule has 1 saturated carbocycles. The number of nitrogens with zero attached hydrogens (tertiary/aromatic N) is 1. The summed E-state index contributed by atoms with van der Waals surface area (Å²) in [4.78, 5) is 0. The minimum Gasteiger partial charge on any atom is -0.490 e. The molecule has 4 heteroatoms. The summed E-state index contributed by atoms with van der Waals surface area (Å²) in [6.45, 7) is 10.6. The zero-order valence-electron chi connectivity index (χ0n) is 18.7. The maximum atomic E-state index is 14.8. The Balaban J connectivity index is 1.61. The Morgan fingerprint density at radius 3 is 2.28 bits per heavy atom. The number of halogens is 1. The van der Waals surface area contributed by atoms with Gasteiger partial charge < -0.3 is 4.74 Å². The van der Waals surface area contributed by atoms with Crippen LogP contribution in [0.2, 0.25) is 0 Å². The summed E-state index contributed by atoms with van der Waals surface area (Å²) in [7, 11) is 0. The highest BCUT2D eigenvalue weighted by molar-refractivity contribution is 5.32. The molecule has 29 heavy (non-hydrogen) atoms. The van der Waals surface area contributed by atoms with Crippen molar-refractivity contribution in [3.05, 3.63) is 41.7 Å². The Bertz CT molecular complexity index is 702. The van der Waals surface area contributed by atoms with Gasteiger partial charge in [0.05, 0.1) is 6.61 Å². The van der Waals surface area contributed by atoms with Crippen LogP contribution in [0.15, 0.2) is 30.4 Å². The van der Waals surface area contributed by atoms with Gasteiger partial charge in [-0.1, -0.05) is 18.2 Å². The molecule has 2 fully saturated rings. The van der Waals surface area contributed by atoms with E-state index in [0.29, 0.717) is 24.2 Å². The molecule has 0 N–H and O–H groups in total. The number of hydrogen-bond acceptors (Lipinski definition) is 2. The van der Waals surface area contributed by atoms with Gasteiger partial charge in [0.2, 0.25) is 0 Å². The van der Waals surface area contributed by atoms with Gasteiger partial charge in [-0.3, -0.25) is 0 Å². The maximum Gasteiger partial charge on any atom is 0.165 e. The van der Waals surface area contributed by atoms with Gasteiger partial charge in [0, 0.05) is 11.1 Å². The fraction of sp³-hybridized carbons (Fsp3) is 0.680. The minimum absolute atomic E-state index is 0.177. The smallest absolute Gasteiger partial charge is 0.165 e. The van der Waals surface area contributed by atoms with Crippen LogP contribution < -0.4 is 4.74 Å². The number of ether oxygens (including phenoxy) is 1. The van der Waals surface area contributed by atoms with Crippen LogP contribution in [0, 0.1) is 17.7 Å². The molecule has 161 valence electrons. The number of rotatable bonds is 5. The molecule has 0 bridgehead atoms. The third kappa shape index (κ3) is 5.21. The standard InChI is InChI=1S/C25H37FNO2/c1-6-7-18-8-10-19(11-9-18)17-29-23-13-12-20(14-22(23)26)21-15-24(2,3)27(28)25(4,5)16-21/h6-7,12-14,18-19,21H,8-11,15-17H2,1-5H3/b7-6+. The molecule has 0 amide bonds. The van der Waals surface area contributed by atoms with Gasteiger partial charge in [0.25, 0.3) is 0 Å². The first-order chi connectivity index (χ1) is 13.6. The van der Waals surface area contributed by atoms with Crippen molar-refractivity contribution >= 4 is 0 Å². The zero-order chi connectivity index (χ0) is 21.2. The van der Waals surface area contributed by atoms with E-state index in [1.165, 1.54) is 17.9 Å². The molecule has 2 aliphatic rings. The van der Waals surface area contributed by atoms with Gasteiger partial charge >= 0.3 is 0 Å². The molecular weight excluding hydrogens is 365 g/mol. The normalized spacial score (nSPS) is 28.0. The highest BCUT2D eigenvalue weighted by atomic mass is 19.1. The van der Waals surface area contributed by atoms with Crippen molar-refractivity contribution in [2.75, 3.05) is 6.61 Å². The van der Waals surface area contributed by atoms with E-state index in [4.69, 9.17) is 4.74 Å². The van der Waals surface area contributed by atoms with Gasteiger partial charge in [-0.05, 0) is 109 Å². The van der Waals surface area contributed by atoms with E-state index in [0.717, 1.165) is 31.2 Å². The second-order valence-corrected chi connectivity index (χ2v) is 10.3. The Morgan fingerprint density at radius 1 is 1.10 bits per heavy atom. The molecule has 1 radical (unpaired) electrons. The zero-order valence-corrected chi connectivity index (χ0v) is 18.7. The van der Waals surface area contributed by atoms with Crippen LogP contribution >= 0.6 is 0 Å². The molecule has 1 aromatic carbocycles. The summed E-state index contributed by atoms with van der Waals surface area (Å²) in [6.07, 6.45) is 10.6. The predicted molar refractivity (Wildman–Crippen MR) is 115 cm³/mol. The Hall–Kier alpha value is -1.39. The molecule has 1 aliphatic carbocycles. The second kappa shape index (κ2) is 8.77. The molecule has 0 spiro atoms. The summed E-state index contributed by atoms with van der Waals surface area (Å²) >= 11 is 0. The summed E-state index contributed by atoms with van der Waals surface area (Å²) in [5.41, 5.74) is 0.0595. The van der Waals surface area contributed by atoms with Crippen molar-refractivity contribution in [2.45, 2.75) is 90.1 Å². The van der Waals surface area contributed by atoms with E-state index in [1.54, 1.807) is 12.1 Å². The van der Waals surface area contributed by atoms with E-state index in [9.17, 15) is 9.60 Å². The molecule has 3 rings (SSSR count). The average Bonchev–Trinajstić information content (AvgIpc) is 2.66. The van der Waals surface area contributed by atoms with Crippen molar-refractivity contribution < 1.29 is 14.3 Å². The number of benzene rings is 1. The lowest BCUT2D eigenvalue weighted by atomic mass is 9.73. The average molecular weight is 403 g/mol. The Kier molecular flexibility index (Phi) is 6.74. The SMILES string of the molecule is C/C=C/C1CCC(COc2ccc(C3CC(C)(C)N([O])C(C)(C)C3)cc2F)CC1. The summed E-state index contributed by atoms with van der Waals surface area (Å²) in [5, 5.41) is 13.8. The van der Waals surface area contributed by atoms with Gasteiger partial charge in [-0.2, -0.15) is 0 Å². The highest BCUT2D eigenvalue weighted by Gasteiger charge is 2.46. The fourth-order valence-electron chi connectivity index (χ4n) is 5.41. The Labute approximate surface area is 175 Å². The molecule has 1 heterocycles. The summed E-state index contributed by atoms with van der Waals surface area (Å²) in [5.74, 6) is 1.45. The summed E-state index contributed by atoms with van der Waals surface area (Å²) < 4.78 is 20.6. The van der Waals surface area contributed by atoms with Crippen molar-refractivity contribution in [1.82, 2.24) is 5.06 Å². The first kappa shape index (κ1) is 22.3. The quantitative estimate of drug-likeness (QED) is 0.515. The van der Waals surface area contributed by atoms with E-state index in [2.05, 4.69) is 19.1 Å². The van der Waals surface area contributed by atoms with Crippen molar-refractivity contribution in [1.29, 1.82) is 0 Å².